The summed E-state index contributed by atoms with van der Waals surface area (Å²) in [5.74, 6) is -2.61. The molecule has 0 fully saturated rings. The average molecular weight is 474 g/mol. The summed E-state index contributed by atoms with van der Waals surface area (Å²) in [6, 6.07) is 12.7. The van der Waals surface area contributed by atoms with Gasteiger partial charge < -0.3 is 19.5 Å². The van der Waals surface area contributed by atoms with E-state index in [-0.39, 0.29) is 40.1 Å². The first-order chi connectivity index (χ1) is 16.7. The molecule has 0 unspecified atom stereocenters. The highest BCUT2D eigenvalue weighted by Gasteiger charge is 2.23. The van der Waals surface area contributed by atoms with E-state index < -0.39 is 17.8 Å². The minimum Gasteiger partial charge on any atom is -0.508 e. The maximum atomic E-state index is 12.3. The number of carboxylic acids is 1. The number of rotatable bonds is 5. The van der Waals surface area contributed by atoms with E-state index in [0.29, 0.717) is 33.5 Å². The molecule has 35 heavy (non-hydrogen) atoms. The number of carboxylic acid groups (broad SMARTS) is 1. The van der Waals surface area contributed by atoms with Gasteiger partial charge in [-0.3, -0.25) is 15.0 Å². The van der Waals surface area contributed by atoms with Gasteiger partial charge in [-0.1, -0.05) is 6.07 Å². The number of nitrogens with one attached hydrogen (secondary N) is 1. The van der Waals surface area contributed by atoms with Crippen LogP contribution < -0.4 is 5.43 Å². The summed E-state index contributed by atoms with van der Waals surface area (Å²) in [6.07, 6.45) is 0.244. The van der Waals surface area contributed by atoms with E-state index in [1.807, 2.05) is 0 Å². The van der Waals surface area contributed by atoms with E-state index >= 15 is 0 Å². The van der Waals surface area contributed by atoms with Gasteiger partial charge in [0.05, 0.1) is 12.0 Å². The van der Waals surface area contributed by atoms with Crippen LogP contribution in [0.3, 0.4) is 0 Å². The Hall–Kier alpha value is -4.99. The molecule has 1 aliphatic heterocycles. The smallest absolute Gasteiger partial charge is 0.337 e. The SMILES string of the molecule is CC(=O)N(C=N)OC(=O)Cc1ccc(C(=O)O)c(-c2c3ccc(=O)cc-3oc3cc(O)ccc23)c1. The average Bonchev–Trinajstić information content (AvgIpc) is 2.80. The predicted molar refractivity (Wildman–Crippen MR) is 124 cm³/mol. The van der Waals surface area contributed by atoms with Crippen LogP contribution in [0.4, 0.5) is 0 Å². The Morgan fingerprint density at radius 1 is 1.06 bits per heavy atom. The van der Waals surface area contributed by atoms with Crippen LogP contribution in [-0.2, 0) is 20.8 Å². The van der Waals surface area contributed by atoms with Crippen molar-refractivity contribution in [1.29, 1.82) is 5.41 Å². The molecule has 2 aromatic rings. The Kier molecular flexibility index (Phi) is 6.03. The number of hydroxylamine groups is 2. The van der Waals surface area contributed by atoms with Crippen molar-refractivity contribution >= 4 is 35.2 Å². The van der Waals surface area contributed by atoms with Gasteiger partial charge in [0.15, 0.2) is 5.43 Å². The number of aromatic hydroxyl groups is 1. The number of nitrogens with zero attached hydrogens (tertiary/aromatic N) is 1. The molecule has 1 heterocycles. The number of carbonyl (C=O) groups excluding carboxylic acids is 2. The van der Waals surface area contributed by atoms with E-state index in [2.05, 4.69) is 0 Å². The molecule has 2 aromatic carbocycles. The topological polar surface area (TPSA) is 158 Å². The molecule has 176 valence electrons. The van der Waals surface area contributed by atoms with Crippen molar-refractivity contribution < 1.29 is 33.9 Å². The molecule has 0 saturated heterocycles. The zero-order chi connectivity index (χ0) is 25.3. The number of phenolic OH excluding ortho intramolecular Hbond substituents is 1. The lowest BCUT2D eigenvalue weighted by Crippen LogP contribution is -2.30. The number of fused-ring (bicyclic) bond motifs is 2. The number of aromatic carboxylic acids is 1. The third kappa shape index (κ3) is 4.58. The Bertz CT molecular complexity index is 1540. The summed E-state index contributed by atoms with van der Waals surface area (Å²) < 4.78 is 5.80. The summed E-state index contributed by atoms with van der Waals surface area (Å²) in [4.78, 5) is 52.6. The van der Waals surface area contributed by atoms with Crippen LogP contribution in [-0.4, -0.2) is 39.5 Å². The third-order valence-electron chi connectivity index (χ3n) is 5.24. The molecule has 0 bridgehead atoms. The second kappa shape index (κ2) is 9.10. The molecule has 0 aromatic heterocycles. The molecule has 1 amide bonds. The molecule has 1 aliphatic carbocycles. The van der Waals surface area contributed by atoms with Crippen LogP contribution in [0, 0.1) is 5.41 Å². The second-order valence-corrected chi connectivity index (χ2v) is 7.61. The lowest BCUT2D eigenvalue weighted by molar-refractivity contribution is -0.179. The molecule has 2 aliphatic rings. The zero-order valence-electron chi connectivity index (χ0n) is 18.3. The highest BCUT2D eigenvalue weighted by Crippen LogP contribution is 2.42. The van der Waals surface area contributed by atoms with Gasteiger partial charge in [0.25, 0.3) is 5.91 Å². The van der Waals surface area contributed by atoms with Gasteiger partial charge in [0.2, 0.25) is 0 Å². The van der Waals surface area contributed by atoms with Crippen LogP contribution in [0.1, 0.15) is 22.8 Å². The van der Waals surface area contributed by atoms with Crippen molar-refractivity contribution in [1.82, 2.24) is 5.06 Å². The Morgan fingerprint density at radius 3 is 2.51 bits per heavy atom. The van der Waals surface area contributed by atoms with E-state index in [4.69, 9.17) is 14.7 Å². The minimum atomic E-state index is -1.22. The first-order valence-electron chi connectivity index (χ1n) is 10.3. The normalized spacial score (nSPS) is 10.8. The number of hydrogen-bond acceptors (Lipinski definition) is 8. The number of benzene rings is 3. The Labute approximate surface area is 197 Å². The van der Waals surface area contributed by atoms with Crippen molar-refractivity contribution in [3.8, 4) is 28.2 Å². The molecule has 10 heteroatoms. The molecule has 0 spiro atoms. The van der Waals surface area contributed by atoms with Crippen molar-refractivity contribution in [3.05, 3.63) is 75.9 Å². The molecule has 0 atom stereocenters. The van der Waals surface area contributed by atoms with Crippen molar-refractivity contribution in [2.75, 3.05) is 0 Å². The fourth-order valence-corrected chi connectivity index (χ4v) is 3.73. The molecular formula is C25H18N2O8. The van der Waals surface area contributed by atoms with E-state index in [0.717, 1.165) is 6.92 Å². The lowest BCUT2D eigenvalue weighted by Gasteiger charge is -2.18. The molecule has 10 nitrogen and oxygen atoms in total. The van der Waals surface area contributed by atoms with Gasteiger partial charge >= 0.3 is 11.9 Å². The quantitative estimate of drug-likeness (QED) is 0.172. The number of amides is 1. The first-order valence-corrected chi connectivity index (χ1v) is 10.3. The van der Waals surface area contributed by atoms with E-state index in [9.17, 15) is 29.4 Å². The molecule has 0 radical (unpaired) electrons. The van der Waals surface area contributed by atoms with Crippen LogP contribution in [0.15, 0.2) is 63.8 Å². The summed E-state index contributed by atoms with van der Waals surface area (Å²) in [7, 11) is 0. The van der Waals surface area contributed by atoms with Crippen LogP contribution in [0.5, 0.6) is 5.75 Å². The van der Waals surface area contributed by atoms with Gasteiger partial charge in [-0.05, 0) is 47.5 Å². The predicted octanol–water partition coefficient (Wildman–Crippen LogP) is 3.42. The van der Waals surface area contributed by atoms with Gasteiger partial charge in [0, 0.05) is 35.6 Å². The summed E-state index contributed by atoms with van der Waals surface area (Å²) in [5.41, 5.74) is 1.35. The van der Waals surface area contributed by atoms with Gasteiger partial charge in [-0.2, -0.15) is 0 Å². The largest absolute Gasteiger partial charge is 0.508 e. The maximum absolute atomic E-state index is 12.3. The molecule has 4 rings (SSSR count). The fraction of sp³-hybridized carbons (Fsp3) is 0.0800. The van der Waals surface area contributed by atoms with Gasteiger partial charge in [-0.15, -0.1) is 5.06 Å². The Morgan fingerprint density at radius 2 is 1.83 bits per heavy atom. The number of carbonyl (C=O) groups is 3. The van der Waals surface area contributed by atoms with E-state index in [1.165, 1.54) is 48.5 Å². The number of hydrogen-bond donors (Lipinski definition) is 3. The second-order valence-electron chi connectivity index (χ2n) is 7.61. The molecular weight excluding hydrogens is 456 g/mol. The van der Waals surface area contributed by atoms with Crippen LogP contribution >= 0.6 is 0 Å². The molecule has 3 N–H and O–H groups in total. The van der Waals surface area contributed by atoms with Crippen molar-refractivity contribution in [3.63, 3.8) is 0 Å². The fourth-order valence-electron chi connectivity index (χ4n) is 3.73. The molecule has 0 saturated carbocycles. The van der Waals surface area contributed by atoms with E-state index in [1.54, 1.807) is 6.07 Å². The van der Waals surface area contributed by atoms with Crippen molar-refractivity contribution in [2.24, 2.45) is 0 Å². The third-order valence-corrected chi connectivity index (χ3v) is 5.24. The first kappa shape index (κ1) is 23.2. The minimum absolute atomic E-state index is 0.0694. The zero-order valence-corrected chi connectivity index (χ0v) is 18.3. The highest BCUT2D eigenvalue weighted by molar-refractivity contribution is 6.07. The van der Waals surface area contributed by atoms with Crippen molar-refractivity contribution in [2.45, 2.75) is 13.3 Å². The number of phenols is 1. The summed E-state index contributed by atoms with van der Waals surface area (Å²) in [5, 5.41) is 27.9. The highest BCUT2D eigenvalue weighted by atomic mass is 16.7. The van der Waals surface area contributed by atoms with Crippen LogP contribution in [0.2, 0.25) is 0 Å². The monoisotopic (exact) mass is 474 g/mol. The lowest BCUT2D eigenvalue weighted by atomic mass is 9.89. The summed E-state index contributed by atoms with van der Waals surface area (Å²) >= 11 is 0. The van der Waals surface area contributed by atoms with Gasteiger partial charge in [0.1, 0.15) is 23.4 Å². The Balaban J connectivity index is 1.92. The maximum Gasteiger partial charge on any atom is 0.337 e. The van der Waals surface area contributed by atoms with Crippen LogP contribution in [0.25, 0.3) is 33.4 Å². The standard InChI is InChI=1S/C25H18N2O8/c1-13(28)27(12-26)35-23(31)9-14-2-5-17(25(32)33)20(8-14)24-18-6-3-15(29)10-21(18)34-22-11-16(30)4-7-19(22)24/h2-8,10-12,26,29H,9H2,1H3,(H,32,33). The van der Waals surface area contributed by atoms with Gasteiger partial charge in [-0.25, -0.2) is 9.59 Å². The summed E-state index contributed by atoms with van der Waals surface area (Å²) in [6.45, 7) is 1.12.